The van der Waals surface area contributed by atoms with Crippen LogP contribution in [-0.2, 0) is 54.8 Å². The molecule has 0 spiro atoms. The molecule has 0 aromatic heterocycles. The van der Waals surface area contributed by atoms with Gasteiger partial charge in [-0.3, -0.25) is 0 Å². The van der Waals surface area contributed by atoms with Crippen molar-refractivity contribution in [1.29, 1.82) is 0 Å². The Balaban J connectivity index is 1.41. The van der Waals surface area contributed by atoms with Gasteiger partial charge in [-0.25, -0.2) is 0 Å². The molecule has 0 aliphatic carbocycles. The van der Waals surface area contributed by atoms with Gasteiger partial charge in [-0.05, 0) is 35.1 Å². The van der Waals surface area contributed by atoms with Gasteiger partial charge in [-0.15, -0.1) is 6.58 Å². The number of ether oxygens (including phenoxy) is 6. The Morgan fingerprint density at radius 2 is 0.978 bits per heavy atom. The fraction of sp³-hybridized carbons (Fsp3) is 0.333. The van der Waals surface area contributed by atoms with Gasteiger partial charge in [0.1, 0.15) is 24.4 Å². The second kappa shape index (κ2) is 18.4. The van der Waals surface area contributed by atoms with Crippen LogP contribution in [0.15, 0.2) is 134 Å². The van der Waals surface area contributed by atoms with Gasteiger partial charge < -0.3 is 28.4 Å². The molecule has 6 nitrogen and oxygen atoms in total. The lowest BCUT2D eigenvalue weighted by atomic mass is 9.97. The summed E-state index contributed by atoms with van der Waals surface area (Å²) in [6.45, 7) is 6.28. The summed E-state index contributed by atoms with van der Waals surface area (Å²) >= 11 is 0. The zero-order valence-corrected chi connectivity index (χ0v) is 25.8. The van der Waals surface area contributed by atoms with Crippen LogP contribution < -0.4 is 0 Å². The number of benzene rings is 4. The van der Waals surface area contributed by atoms with Gasteiger partial charge >= 0.3 is 0 Å². The molecule has 4 aromatic carbocycles. The smallest absolute Gasteiger partial charge is 0.186 e. The predicted molar refractivity (Wildman–Crippen MR) is 175 cm³/mol. The van der Waals surface area contributed by atoms with E-state index in [0.29, 0.717) is 39.6 Å². The topological polar surface area (TPSA) is 55.4 Å². The minimum Gasteiger partial charge on any atom is -0.374 e. The van der Waals surface area contributed by atoms with Crippen molar-refractivity contribution in [3.8, 4) is 0 Å². The Hall–Kier alpha value is -3.62. The van der Waals surface area contributed by atoms with Crippen molar-refractivity contribution in [3.05, 3.63) is 156 Å². The van der Waals surface area contributed by atoms with E-state index in [2.05, 4.69) is 43.0 Å². The van der Waals surface area contributed by atoms with E-state index in [4.69, 9.17) is 28.4 Å². The molecule has 6 heteroatoms. The molecule has 0 radical (unpaired) electrons. The van der Waals surface area contributed by atoms with Crippen LogP contribution in [-0.4, -0.2) is 43.9 Å². The van der Waals surface area contributed by atoms with Crippen LogP contribution in [0.2, 0.25) is 0 Å². The van der Waals surface area contributed by atoms with E-state index in [1.165, 1.54) is 0 Å². The molecular weight excluding hydrogens is 564 g/mol. The zero-order chi connectivity index (χ0) is 30.9. The standard InChI is InChI=1S/C39H44O6/c1-2-3-16-25-41-39-38(44-29-34-23-14-7-15-24-34)37(43-28-33-21-12-6-13-22-33)36(42-27-32-19-10-5-11-20-32)35(45-39)30-40-26-31-17-8-4-9-18-31/h2,4-15,17-24,35-39H,1,3,16,25-30H2/t35-,36+,37+,38-,39+/m1/s1. The van der Waals surface area contributed by atoms with Crippen molar-refractivity contribution in [2.24, 2.45) is 0 Å². The maximum absolute atomic E-state index is 6.74. The van der Waals surface area contributed by atoms with E-state index in [9.17, 15) is 0 Å². The molecule has 1 fully saturated rings. The maximum atomic E-state index is 6.74. The van der Waals surface area contributed by atoms with Gasteiger partial charge in [-0.1, -0.05) is 127 Å². The second-order valence-electron chi connectivity index (χ2n) is 11.1. The Labute approximate surface area is 267 Å². The van der Waals surface area contributed by atoms with Gasteiger partial charge in [0.25, 0.3) is 0 Å². The van der Waals surface area contributed by atoms with Gasteiger partial charge in [0.2, 0.25) is 0 Å². The van der Waals surface area contributed by atoms with Crippen LogP contribution >= 0.6 is 0 Å². The fourth-order valence-electron chi connectivity index (χ4n) is 5.31. The molecule has 1 aliphatic heterocycles. The average Bonchev–Trinajstić information content (AvgIpc) is 3.10. The van der Waals surface area contributed by atoms with E-state index < -0.39 is 30.7 Å². The number of hydrogen-bond donors (Lipinski definition) is 0. The number of rotatable bonds is 18. The van der Waals surface area contributed by atoms with E-state index in [0.717, 1.165) is 35.1 Å². The van der Waals surface area contributed by atoms with Crippen LogP contribution in [0.25, 0.3) is 0 Å². The van der Waals surface area contributed by atoms with Crippen molar-refractivity contribution in [2.45, 2.75) is 70.0 Å². The van der Waals surface area contributed by atoms with Crippen molar-refractivity contribution in [1.82, 2.24) is 0 Å². The first-order valence-electron chi connectivity index (χ1n) is 15.8. The third-order valence-electron chi connectivity index (χ3n) is 7.68. The summed E-state index contributed by atoms with van der Waals surface area (Å²) in [7, 11) is 0. The molecule has 4 aromatic rings. The molecule has 1 saturated heterocycles. The summed E-state index contributed by atoms with van der Waals surface area (Å²) in [4.78, 5) is 0. The highest BCUT2D eigenvalue weighted by molar-refractivity contribution is 5.16. The van der Waals surface area contributed by atoms with E-state index in [-0.39, 0.29) is 0 Å². The molecule has 0 amide bonds. The Bertz CT molecular complexity index is 1350. The van der Waals surface area contributed by atoms with Crippen LogP contribution in [0.4, 0.5) is 0 Å². The Morgan fingerprint density at radius 1 is 0.533 bits per heavy atom. The largest absolute Gasteiger partial charge is 0.374 e. The van der Waals surface area contributed by atoms with E-state index >= 15 is 0 Å². The minimum absolute atomic E-state index is 0.303. The van der Waals surface area contributed by atoms with E-state index in [1.807, 2.05) is 91.0 Å². The first-order valence-corrected chi connectivity index (χ1v) is 15.8. The van der Waals surface area contributed by atoms with Gasteiger partial charge in [0, 0.05) is 0 Å². The lowest BCUT2D eigenvalue weighted by molar-refractivity contribution is -0.328. The first kappa shape index (κ1) is 32.8. The van der Waals surface area contributed by atoms with Crippen LogP contribution in [0.3, 0.4) is 0 Å². The zero-order valence-electron chi connectivity index (χ0n) is 25.8. The number of allylic oxidation sites excluding steroid dienone is 1. The highest BCUT2D eigenvalue weighted by atomic mass is 16.7. The summed E-state index contributed by atoms with van der Waals surface area (Å²) in [6, 6.07) is 40.5. The quantitative estimate of drug-likeness (QED) is 0.0854. The number of hydrogen-bond acceptors (Lipinski definition) is 6. The summed E-state index contributed by atoms with van der Waals surface area (Å²) in [6.07, 6.45) is 0.896. The fourth-order valence-corrected chi connectivity index (χ4v) is 5.31. The molecule has 1 heterocycles. The van der Waals surface area contributed by atoms with Crippen LogP contribution in [0.5, 0.6) is 0 Å². The van der Waals surface area contributed by atoms with Crippen molar-refractivity contribution >= 4 is 0 Å². The first-order chi connectivity index (χ1) is 22.3. The van der Waals surface area contributed by atoms with E-state index in [1.54, 1.807) is 0 Å². The van der Waals surface area contributed by atoms with Crippen LogP contribution in [0.1, 0.15) is 35.1 Å². The number of unbranched alkanes of at least 4 members (excludes halogenated alkanes) is 1. The molecular formula is C39H44O6. The summed E-state index contributed by atoms with van der Waals surface area (Å²) in [5.41, 5.74) is 4.27. The lowest BCUT2D eigenvalue weighted by Gasteiger charge is -2.46. The third-order valence-corrected chi connectivity index (χ3v) is 7.68. The van der Waals surface area contributed by atoms with Crippen molar-refractivity contribution in [3.63, 3.8) is 0 Å². The molecule has 1 aliphatic rings. The lowest BCUT2D eigenvalue weighted by Crippen LogP contribution is -2.61. The molecule has 0 bridgehead atoms. The molecule has 5 atom stereocenters. The Kier molecular flexibility index (Phi) is 13.4. The molecule has 236 valence electrons. The normalized spacial score (nSPS) is 21.4. The summed E-state index contributed by atoms with van der Waals surface area (Å²) in [5, 5.41) is 0. The second-order valence-corrected chi connectivity index (χ2v) is 11.1. The van der Waals surface area contributed by atoms with Gasteiger partial charge in [0.15, 0.2) is 6.29 Å². The molecule has 0 N–H and O–H groups in total. The summed E-state index contributed by atoms with van der Waals surface area (Å²) < 4.78 is 39.4. The Morgan fingerprint density at radius 3 is 1.47 bits per heavy atom. The van der Waals surface area contributed by atoms with Crippen LogP contribution in [0, 0.1) is 0 Å². The minimum atomic E-state index is -0.679. The molecule has 0 unspecified atom stereocenters. The highest BCUT2D eigenvalue weighted by Crippen LogP contribution is 2.32. The van der Waals surface area contributed by atoms with Crippen molar-refractivity contribution in [2.75, 3.05) is 13.2 Å². The summed E-state index contributed by atoms with van der Waals surface area (Å²) in [5.74, 6) is 0. The average molecular weight is 609 g/mol. The molecule has 45 heavy (non-hydrogen) atoms. The van der Waals surface area contributed by atoms with Gasteiger partial charge in [0.05, 0.1) is 39.6 Å². The maximum Gasteiger partial charge on any atom is 0.186 e. The molecule has 0 saturated carbocycles. The monoisotopic (exact) mass is 608 g/mol. The third kappa shape index (κ3) is 10.5. The molecule has 5 rings (SSSR count). The van der Waals surface area contributed by atoms with Gasteiger partial charge in [-0.2, -0.15) is 0 Å². The highest BCUT2D eigenvalue weighted by Gasteiger charge is 2.49. The van der Waals surface area contributed by atoms with Crippen molar-refractivity contribution < 1.29 is 28.4 Å². The SMILES string of the molecule is C=CCCCO[C@H]1O[C@H](COCc2ccccc2)[C@H](OCc2ccccc2)[C@H](OCc2ccccc2)[C@H]1OCc1ccccc1. The predicted octanol–water partition coefficient (Wildman–Crippen LogP) is 7.67.